The standard InChI is InChI=1S/C12H14N4/c1-8(2)16-12(13)9-3-4-10-11(7-9)15-6-5-14-10/h3-8H,1-2H3,(H2,13,16). The zero-order chi connectivity index (χ0) is 11.5. The van der Waals surface area contributed by atoms with E-state index in [0.717, 1.165) is 16.6 Å². The molecule has 0 radical (unpaired) electrons. The average molecular weight is 214 g/mol. The Kier molecular flexibility index (Phi) is 2.81. The molecule has 1 aromatic heterocycles. The molecule has 1 aromatic carbocycles. The van der Waals surface area contributed by atoms with Gasteiger partial charge in [0.1, 0.15) is 5.84 Å². The van der Waals surface area contributed by atoms with Crippen molar-refractivity contribution in [3.8, 4) is 0 Å². The number of hydrogen-bond donors (Lipinski definition) is 1. The topological polar surface area (TPSA) is 64.2 Å². The van der Waals surface area contributed by atoms with Crippen LogP contribution in [0.3, 0.4) is 0 Å². The monoisotopic (exact) mass is 214 g/mol. The van der Waals surface area contributed by atoms with Gasteiger partial charge in [0.15, 0.2) is 0 Å². The van der Waals surface area contributed by atoms with Gasteiger partial charge in [0, 0.05) is 24.0 Å². The number of nitrogens with zero attached hydrogens (tertiary/aromatic N) is 3. The lowest BCUT2D eigenvalue weighted by Gasteiger charge is -2.04. The maximum Gasteiger partial charge on any atom is 0.125 e. The first-order valence-corrected chi connectivity index (χ1v) is 5.21. The summed E-state index contributed by atoms with van der Waals surface area (Å²) < 4.78 is 0. The highest BCUT2D eigenvalue weighted by Crippen LogP contribution is 2.10. The van der Waals surface area contributed by atoms with Crippen LogP contribution in [0.15, 0.2) is 35.6 Å². The third-order valence-corrected chi connectivity index (χ3v) is 2.16. The van der Waals surface area contributed by atoms with Crippen LogP contribution >= 0.6 is 0 Å². The molecule has 0 aliphatic carbocycles. The maximum absolute atomic E-state index is 5.89. The molecule has 0 atom stereocenters. The van der Waals surface area contributed by atoms with Crippen LogP contribution in [0.5, 0.6) is 0 Å². The van der Waals surface area contributed by atoms with Gasteiger partial charge in [0.25, 0.3) is 0 Å². The van der Waals surface area contributed by atoms with Gasteiger partial charge in [0.05, 0.1) is 11.0 Å². The smallest absolute Gasteiger partial charge is 0.125 e. The van der Waals surface area contributed by atoms with E-state index in [0.29, 0.717) is 5.84 Å². The molecular formula is C12H14N4. The Balaban J connectivity index is 2.47. The molecular weight excluding hydrogens is 200 g/mol. The molecule has 2 rings (SSSR count). The van der Waals surface area contributed by atoms with Gasteiger partial charge < -0.3 is 5.73 Å². The van der Waals surface area contributed by atoms with E-state index < -0.39 is 0 Å². The van der Waals surface area contributed by atoms with Crippen molar-refractivity contribution in [2.75, 3.05) is 0 Å². The number of aliphatic imine (C=N–C) groups is 1. The number of amidine groups is 1. The first-order valence-electron chi connectivity index (χ1n) is 5.21. The zero-order valence-electron chi connectivity index (χ0n) is 9.38. The second kappa shape index (κ2) is 4.26. The average Bonchev–Trinajstić information content (AvgIpc) is 2.27. The molecule has 2 N–H and O–H groups in total. The Hall–Kier alpha value is -1.97. The molecule has 1 heterocycles. The SMILES string of the molecule is CC(C)N=C(N)c1ccc2nccnc2c1. The van der Waals surface area contributed by atoms with E-state index in [1.54, 1.807) is 12.4 Å². The van der Waals surface area contributed by atoms with Crippen LogP contribution in [-0.4, -0.2) is 21.8 Å². The molecule has 0 saturated carbocycles. The first kappa shape index (κ1) is 10.5. The van der Waals surface area contributed by atoms with Crippen molar-refractivity contribution < 1.29 is 0 Å². The van der Waals surface area contributed by atoms with Crippen molar-refractivity contribution in [3.05, 3.63) is 36.2 Å². The fourth-order valence-corrected chi connectivity index (χ4v) is 1.48. The van der Waals surface area contributed by atoms with Crippen molar-refractivity contribution in [2.24, 2.45) is 10.7 Å². The summed E-state index contributed by atoms with van der Waals surface area (Å²) in [5, 5.41) is 0. The Labute approximate surface area is 94.2 Å². The molecule has 2 aromatic rings. The summed E-state index contributed by atoms with van der Waals surface area (Å²) in [6.07, 6.45) is 3.34. The van der Waals surface area contributed by atoms with Crippen LogP contribution in [0.1, 0.15) is 19.4 Å². The van der Waals surface area contributed by atoms with E-state index >= 15 is 0 Å². The highest BCUT2D eigenvalue weighted by molar-refractivity contribution is 6.00. The molecule has 82 valence electrons. The molecule has 0 bridgehead atoms. The molecule has 0 aliphatic rings. The van der Waals surface area contributed by atoms with Crippen molar-refractivity contribution >= 4 is 16.9 Å². The van der Waals surface area contributed by atoms with E-state index in [9.17, 15) is 0 Å². The van der Waals surface area contributed by atoms with E-state index in [-0.39, 0.29) is 6.04 Å². The molecule has 0 aliphatic heterocycles. The normalized spacial score (nSPS) is 12.3. The number of fused-ring (bicyclic) bond motifs is 1. The second-order valence-corrected chi connectivity index (χ2v) is 3.87. The lowest BCUT2D eigenvalue weighted by atomic mass is 10.2. The van der Waals surface area contributed by atoms with Crippen LogP contribution in [0.25, 0.3) is 11.0 Å². The van der Waals surface area contributed by atoms with Crippen LogP contribution in [0, 0.1) is 0 Å². The summed E-state index contributed by atoms with van der Waals surface area (Å²) in [6.45, 7) is 3.99. The zero-order valence-corrected chi connectivity index (χ0v) is 9.38. The minimum absolute atomic E-state index is 0.192. The predicted molar refractivity (Wildman–Crippen MR) is 65.4 cm³/mol. The van der Waals surface area contributed by atoms with Gasteiger partial charge in [-0.25, -0.2) is 0 Å². The number of rotatable bonds is 2. The molecule has 0 spiro atoms. The van der Waals surface area contributed by atoms with Gasteiger partial charge in [-0.05, 0) is 32.0 Å². The quantitative estimate of drug-likeness (QED) is 0.611. The van der Waals surface area contributed by atoms with E-state index in [2.05, 4.69) is 15.0 Å². The summed E-state index contributed by atoms with van der Waals surface area (Å²) in [5.41, 5.74) is 8.48. The van der Waals surface area contributed by atoms with Crippen molar-refractivity contribution in [3.63, 3.8) is 0 Å². The van der Waals surface area contributed by atoms with Crippen LogP contribution in [-0.2, 0) is 0 Å². The molecule has 16 heavy (non-hydrogen) atoms. The van der Waals surface area contributed by atoms with E-state index in [4.69, 9.17) is 5.73 Å². The fraction of sp³-hybridized carbons (Fsp3) is 0.250. The van der Waals surface area contributed by atoms with E-state index in [1.165, 1.54) is 0 Å². The Bertz CT molecular complexity index is 531. The van der Waals surface area contributed by atoms with Gasteiger partial charge in [-0.1, -0.05) is 0 Å². The van der Waals surface area contributed by atoms with Crippen molar-refractivity contribution in [1.82, 2.24) is 9.97 Å². The fourth-order valence-electron chi connectivity index (χ4n) is 1.48. The van der Waals surface area contributed by atoms with Gasteiger partial charge >= 0.3 is 0 Å². The molecule has 4 heteroatoms. The third-order valence-electron chi connectivity index (χ3n) is 2.16. The third kappa shape index (κ3) is 2.16. The summed E-state index contributed by atoms with van der Waals surface area (Å²) in [4.78, 5) is 12.7. The van der Waals surface area contributed by atoms with Gasteiger partial charge in [-0.15, -0.1) is 0 Å². The summed E-state index contributed by atoms with van der Waals surface area (Å²) >= 11 is 0. The van der Waals surface area contributed by atoms with E-state index in [1.807, 2.05) is 32.0 Å². The maximum atomic E-state index is 5.89. The van der Waals surface area contributed by atoms with Gasteiger partial charge in [-0.2, -0.15) is 0 Å². The molecule has 4 nitrogen and oxygen atoms in total. The summed E-state index contributed by atoms with van der Waals surface area (Å²) in [5.74, 6) is 0.544. The Morgan fingerprint density at radius 3 is 2.56 bits per heavy atom. The number of nitrogens with two attached hydrogens (primary N) is 1. The lowest BCUT2D eigenvalue weighted by molar-refractivity contribution is 0.834. The number of hydrogen-bond acceptors (Lipinski definition) is 3. The van der Waals surface area contributed by atoms with Crippen molar-refractivity contribution in [2.45, 2.75) is 19.9 Å². The highest BCUT2D eigenvalue weighted by Gasteiger charge is 2.02. The summed E-state index contributed by atoms with van der Waals surface area (Å²) in [7, 11) is 0. The van der Waals surface area contributed by atoms with Crippen LogP contribution < -0.4 is 5.73 Å². The molecule has 0 fully saturated rings. The molecule has 0 saturated heterocycles. The molecule has 0 unspecified atom stereocenters. The van der Waals surface area contributed by atoms with Crippen LogP contribution in [0.4, 0.5) is 0 Å². The number of aromatic nitrogens is 2. The van der Waals surface area contributed by atoms with Gasteiger partial charge in [0.2, 0.25) is 0 Å². The van der Waals surface area contributed by atoms with Gasteiger partial charge in [-0.3, -0.25) is 15.0 Å². The Morgan fingerprint density at radius 2 is 1.88 bits per heavy atom. The second-order valence-electron chi connectivity index (χ2n) is 3.87. The minimum Gasteiger partial charge on any atom is -0.383 e. The lowest BCUT2D eigenvalue weighted by Crippen LogP contribution is -2.15. The largest absolute Gasteiger partial charge is 0.383 e. The first-order chi connectivity index (χ1) is 7.66. The van der Waals surface area contributed by atoms with Crippen LogP contribution in [0.2, 0.25) is 0 Å². The minimum atomic E-state index is 0.192. The van der Waals surface area contributed by atoms with Crippen molar-refractivity contribution in [1.29, 1.82) is 0 Å². The highest BCUT2D eigenvalue weighted by atomic mass is 14.9. The summed E-state index contributed by atoms with van der Waals surface area (Å²) in [6, 6.07) is 5.92. The molecule has 0 amide bonds. The number of benzene rings is 1. The predicted octanol–water partition coefficient (Wildman–Crippen LogP) is 1.74. The Morgan fingerprint density at radius 1 is 1.19 bits per heavy atom.